The zero-order valence-electron chi connectivity index (χ0n) is 26.0. The van der Waals surface area contributed by atoms with Gasteiger partial charge in [0, 0.05) is 40.0 Å². The fourth-order valence-electron chi connectivity index (χ4n) is 7.04. The molecular weight excluding hydrogens is 591 g/mol. The van der Waals surface area contributed by atoms with Gasteiger partial charge in [-0.25, -0.2) is 9.78 Å². The molecule has 2 heterocycles. The van der Waals surface area contributed by atoms with Gasteiger partial charge < -0.3 is 15.0 Å². The predicted octanol–water partition coefficient (Wildman–Crippen LogP) is 9.27. The minimum atomic E-state index is -1.13. The number of hydrogen-bond acceptors (Lipinski definition) is 4. The molecule has 1 atom stereocenters. The van der Waals surface area contributed by atoms with E-state index in [-0.39, 0.29) is 17.4 Å². The molecule has 1 aliphatic rings. The molecule has 46 heavy (non-hydrogen) atoms. The third kappa shape index (κ3) is 5.31. The second kappa shape index (κ2) is 12.1. The minimum Gasteiger partial charge on any atom is -0.465 e. The van der Waals surface area contributed by atoms with E-state index in [2.05, 4.69) is 49.5 Å². The molecule has 0 radical (unpaired) electrons. The quantitative estimate of drug-likeness (QED) is 0.177. The van der Waals surface area contributed by atoms with E-state index in [1.54, 1.807) is 11.3 Å². The van der Waals surface area contributed by atoms with E-state index < -0.39 is 12.1 Å². The van der Waals surface area contributed by atoms with E-state index in [1.165, 1.54) is 22.3 Å². The van der Waals surface area contributed by atoms with Crippen molar-refractivity contribution in [2.24, 2.45) is 5.92 Å². The summed E-state index contributed by atoms with van der Waals surface area (Å²) < 4.78 is 1.83. The number of aromatic nitrogens is 2. The van der Waals surface area contributed by atoms with Crippen molar-refractivity contribution in [3.63, 3.8) is 0 Å². The number of pyridine rings is 1. The topological polar surface area (TPSA) is 84.2 Å². The lowest BCUT2D eigenvalue weighted by molar-refractivity contribution is 0.188. The Hall–Kier alpha value is -5.01. The Morgan fingerprint density at radius 3 is 2.15 bits per heavy atom. The van der Waals surface area contributed by atoms with Gasteiger partial charge in [-0.2, -0.15) is 0 Å². The Morgan fingerprint density at radius 2 is 1.54 bits per heavy atom. The van der Waals surface area contributed by atoms with Crippen LogP contribution >= 0.6 is 11.3 Å². The molecule has 6 nitrogen and oxygen atoms in total. The van der Waals surface area contributed by atoms with Gasteiger partial charge in [-0.05, 0) is 64.6 Å². The molecule has 6 aromatic rings. The highest BCUT2D eigenvalue weighted by atomic mass is 32.1. The molecule has 0 saturated carbocycles. The van der Waals surface area contributed by atoms with Gasteiger partial charge in [0.2, 0.25) is 0 Å². The number of nitrogens with zero attached hydrogens (tertiary/aromatic N) is 2. The van der Waals surface area contributed by atoms with E-state index in [0.29, 0.717) is 24.0 Å². The molecule has 7 heteroatoms. The lowest BCUT2D eigenvalue weighted by Gasteiger charge is -2.29. The maximum Gasteiger partial charge on any atom is 0.405 e. The van der Waals surface area contributed by atoms with Crippen LogP contribution in [0.15, 0.2) is 107 Å². The normalized spacial score (nSPS) is 13.1. The number of fused-ring (bicyclic) bond motifs is 4. The Bertz CT molecular complexity index is 2100. The molecule has 2 N–H and O–H groups in total. The first-order valence-electron chi connectivity index (χ1n) is 15.7. The van der Waals surface area contributed by atoms with Crippen molar-refractivity contribution in [1.82, 2.24) is 14.9 Å². The maximum atomic E-state index is 14.5. The van der Waals surface area contributed by atoms with Gasteiger partial charge in [0.15, 0.2) is 0 Å². The van der Waals surface area contributed by atoms with Crippen LogP contribution in [0.25, 0.3) is 43.6 Å². The fourth-order valence-corrected chi connectivity index (χ4v) is 7.83. The Morgan fingerprint density at radius 1 is 0.891 bits per heavy atom. The molecule has 4 aromatic carbocycles. The highest BCUT2D eigenvalue weighted by Gasteiger charge is 2.34. The number of carbonyl (C=O) groups is 1. The average Bonchev–Trinajstić information content (AvgIpc) is 3.63. The zero-order chi connectivity index (χ0) is 31.9. The van der Waals surface area contributed by atoms with Gasteiger partial charge in [-0.15, -0.1) is 11.3 Å². The van der Waals surface area contributed by atoms with E-state index in [9.17, 15) is 14.7 Å². The number of amides is 1. The molecule has 230 valence electrons. The molecule has 1 amide bonds. The van der Waals surface area contributed by atoms with Crippen molar-refractivity contribution in [1.29, 1.82) is 0 Å². The van der Waals surface area contributed by atoms with Crippen LogP contribution in [0.2, 0.25) is 0 Å². The van der Waals surface area contributed by atoms with E-state index in [1.807, 2.05) is 83.6 Å². The lowest BCUT2D eigenvalue weighted by Crippen LogP contribution is -2.35. The maximum absolute atomic E-state index is 14.5. The highest BCUT2D eigenvalue weighted by molar-refractivity contribution is 7.13. The Balaban J connectivity index is 1.53. The second-order valence-electron chi connectivity index (χ2n) is 12.5. The first-order chi connectivity index (χ1) is 22.3. The predicted molar refractivity (Wildman–Crippen MR) is 187 cm³/mol. The minimum absolute atomic E-state index is 0.0594. The summed E-state index contributed by atoms with van der Waals surface area (Å²) in [6.07, 6.45) is -0.673. The number of aryl methyl sites for hydroxylation is 1. The third-order valence-corrected chi connectivity index (χ3v) is 9.86. The number of hydrogen-bond donors (Lipinski definition) is 2. The number of nitrogens with one attached hydrogen (secondary N) is 1. The second-order valence-corrected chi connectivity index (χ2v) is 13.3. The van der Waals surface area contributed by atoms with Crippen LogP contribution in [0.5, 0.6) is 0 Å². The number of rotatable bonds is 8. The summed E-state index contributed by atoms with van der Waals surface area (Å²) in [7, 11) is 0. The highest BCUT2D eigenvalue weighted by Crippen LogP contribution is 2.49. The smallest absolute Gasteiger partial charge is 0.405 e. The summed E-state index contributed by atoms with van der Waals surface area (Å²) in [6, 6.07) is 32.0. The zero-order valence-corrected chi connectivity index (χ0v) is 26.8. The van der Waals surface area contributed by atoms with E-state index >= 15 is 0 Å². The monoisotopic (exact) mass is 625 g/mol. The van der Waals surface area contributed by atoms with E-state index in [0.717, 1.165) is 32.8 Å². The van der Waals surface area contributed by atoms with Crippen LogP contribution < -0.4 is 10.9 Å². The average molecular weight is 626 g/mol. The van der Waals surface area contributed by atoms with Crippen LogP contribution in [-0.2, 0) is 6.54 Å². The van der Waals surface area contributed by atoms with Gasteiger partial charge in [-0.1, -0.05) is 98.8 Å². The summed E-state index contributed by atoms with van der Waals surface area (Å²) >= 11 is 1.57. The van der Waals surface area contributed by atoms with Crippen molar-refractivity contribution < 1.29 is 9.90 Å². The van der Waals surface area contributed by atoms with Gasteiger partial charge >= 0.3 is 6.09 Å². The van der Waals surface area contributed by atoms with Crippen molar-refractivity contribution in [2.45, 2.75) is 45.7 Å². The number of benzene rings is 4. The third-order valence-electron chi connectivity index (χ3n) is 8.85. The summed E-state index contributed by atoms with van der Waals surface area (Å²) in [6.45, 7) is 6.59. The summed E-state index contributed by atoms with van der Waals surface area (Å²) in [5.41, 5.74) is 8.91. The van der Waals surface area contributed by atoms with E-state index in [4.69, 9.17) is 4.98 Å². The Labute approximate surface area is 272 Å². The van der Waals surface area contributed by atoms with Crippen LogP contribution in [0.1, 0.15) is 54.7 Å². The molecule has 0 bridgehead atoms. The summed E-state index contributed by atoms with van der Waals surface area (Å²) in [5.74, 6) is 0.0873. The van der Waals surface area contributed by atoms with Crippen LogP contribution in [0, 0.1) is 12.8 Å². The summed E-state index contributed by atoms with van der Waals surface area (Å²) in [5, 5.41) is 17.5. The molecule has 0 spiro atoms. The van der Waals surface area contributed by atoms with Crippen LogP contribution in [0.3, 0.4) is 0 Å². The molecular formula is C39H35N3O3S. The van der Waals surface area contributed by atoms with Crippen molar-refractivity contribution in [3.8, 4) is 32.8 Å². The molecule has 0 saturated heterocycles. The SMILES string of the molecule is Cc1csc(-c2ccc3c(=O)n(CC(C)C)c(C(CC4c5ccccc5-c5ccccc54)NC(=O)O)c(-c4ccccc4)c3c2)n1. The van der Waals surface area contributed by atoms with Crippen LogP contribution in [-0.4, -0.2) is 20.8 Å². The Kier molecular flexibility index (Phi) is 7.79. The number of carboxylic acid groups (broad SMARTS) is 1. The molecule has 7 rings (SSSR count). The molecule has 1 unspecified atom stereocenters. The van der Waals surface area contributed by atoms with Gasteiger partial charge in [0.25, 0.3) is 5.56 Å². The van der Waals surface area contributed by atoms with Crippen molar-refractivity contribution in [2.75, 3.05) is 0 Å². The molecule has 0 fully saturated rings. The molecule has 0 aliphatic heterocycles. The summed E-state index contributed by atoms with van der Waals surface area (Å²) in [4.78, 5) is 31.9. The van der Waals surface area contributed by atoms with Crippen LogP contribution in [0.4, 0.5) is 4.79 Å². The fraction of sp³-hybridized carbons (Fsp3) is 0.205. The van der Waals surface area contributed by atoms with Crippen molar-refractivity contribution >= 4 is 28.2 Å². The standard InChI is InChI=1S/C39H35N3O3S/c1-23(2)21-42-36(34(41-39(44)45)20-32-29-15-9-7-13-27(29)28-14-8-10-16-30(28)32)35(25-11-5-4-6-12-25)33-19-26(17-18-31(33)38(42)43)37-40-24(3)22-46-37/h4-19,22-23,32,34,41H,20-21H2,1-3H3,(H,44,45). The van der Waals surface area contributed by atoms with Crippen molar-refractivity contribution in [3.05, 3.63) is 135 Å². The largest absolute Gasteiger partial charge is 0.465 e. The first kappa shape index (κ1) is 29.7. The first-order valence-corrected chi connectivity index (χ1v) is 16.5. The van der Waals surface area contributed by atoms with Gasteiger partial charge in [0.05, 0.1) is 11.7 Å². The molecule has 1 aliphatic carbocycles. The lowest BCUT2D eigenvalue weighted by atomic mass is 9.85. The van der Waals surface area contributed by atoms with Gasteiger partial charge in [0.1, 0.15) is 5.01 Å². The molecule has 2 aromatic heterocycles. The number of thiazole rings is 1. The van der Waals surface area contributed by atoms with Gasteiger partial charge in [-0.3, -0.25) is 4.79 Å².